The first-order valence-electron chi connectivity index (χ1n) is 22.9. The molecular weight excluding hydrogens is 651 g/mol. The fraction of sp³-hybridized carbons (Fsp3) is 0.623. The van der Waals surface area contributed by atoms with Crippen LogP contribution >= 0.6 is 0 Å². The van der Waals surface area contributed by atoms with Crippen molar-refractivity contribution < 1.29 is 0 Å². The van der Waals surface area contributed by atoms with Gasteiger partial charge in [0.15, 0.2) is 0 Å². The maximum Gasteiger partial charge on any atom is 0.0173 e. The van der Waals surface area contributed by atoms with Gasteiger partial charge in [-0.15, -0.1) is 0 Å². The zero-order valence-electron chi connectivity index (χ0n) is 35.1. The van der Waals surface area contributed by atoms with E-state index in [0.717, 1.165) is 30.7 Å². The van der Waals surface area contributed by atoms with E-state index in [-0.39, 0.29) is 5.41 Å². The molecule has 294 valence electrons. The van der Waals surface area contributed by atoms with Crippen LogP contribution < -0.4 is 5.32 Å². The largest absolute Gasteiger partial charge is 0.310 e. The van der Waals surface area contributed by atoms with E-state index >= 15 is 0 Å². The third-order valence-corrected chi connectivity index (χ3v) is 15.3. The van der Waals surface area contributed by atoms with Crippen molar-refractivity contribution in [3.8, 4) is 0 Å². The summed E-state index contributed by atoms with van der Waals surface area (Å²) in [6.07, 6.45) is 57.5. The summed E-state index contributed by atoms with van der Waals surface area (Å²) in [6.45, 7) is 14.7. The van der Waals surface area contributed by atoms with E-state index in [1.807, 2.05) is 6.08 Å². The molecule has 0 heterocycles. The smallest absolute Gasteiger partial charge is 0.0173 e. The molecule has 6 aliphatic rings. The summed E-state index contributed by atoms with van der Waals surface area (Å²) in [5.41, 5.74) is 9.97. The Kier molecular flexibility index (Phi) is 15.6. The fourth-order valence-corrected chi connectivity index (χ4v) is 11.3. The highest BCUT2D eigenvalue weighted by molar-refractivity contribution is 5.46. The second kappa shape index (κ2) is 20.5. The van der Waals surface area contributed by atoms with Crippen LogP contribution in [0.3, 0.4) is 0 Å². The van der Waals surface area contributed by atoms with Gasteiger partial charge in [0.25, 0.3) is 0 Å². The molecule has 6 rings (SSSR count). The quantitative estimate of drug-likeness (QED) is 0.131. The standard InChI is InChI=1S/C53H77N/c1-6-8-38-53(5,7-2)47-35-33-42(34-36-47)46(39-54-52-29-19-25-45-24-15-16-27-50(45)52)32-30-40(3)41(4)31-37-49(44-22-13-10-14-23-44)51-28-18-17-26-48(51)43-20-11-9-12-21-43/h6,8-9,11,13,17-18,22,28,30,32,35,38,41-43,45,48,50,52,54H,1,7,10,12,14-16,19-21,23-27,29,31,33-34,36-37,39H2,2-5H3/b38-8-,40-30+,46-32+,49-44+. The van der Waals surface area contributed by atoms with Crippen molar-refractivity contribution in [3.05, 3.63) is 119 Å². The first kappa shape index (κ1) is 41.0. The number of hydrogen-bond donors (Lipinski definition) is 1. The Hall–Kier alpha value is -2.64. The van der Waals surface area contributed by atoms with Gasteiger partial charge in [-0.05, 0) is 155 Å². The zero-order valence-corrected chi connectivity index (χ0v) is 35.1. The molecule has 1 nitrogen and oxygen atoms in total. The minimum Gasteiger partial charge on any atom is -0.310 e. The molecule has 0 aromatic carbocycles. The van der Waals surface area contributed by atoms with Crippen molar-refractivity contribution in [1.82, 2.24) is 5.32 Å². The summed E-state index contributed by atoms with van der Waals surface area (Å²) in [5, 5.41) is 4.23. The topological polar surface area (TPSA) is 12.0 Å². The van der Waals surface area contributed by atoms with Crippen LogP contribution in [0.5, 0.6) is 0 Å². The van der Waals surface area contributed by atoms with E-state index in [1.54, 1.807) is 33.4 Å². The lowest BCUT2D eigenvalue weighted by molar-refractivity contribution is 0.127. The second-order valence-electron chi connectivity index (χ2n) is 18.5. The average molecular weight is 728 g/mol. The minimum atomic E-state index is 0.143. The van der Waals surface area contributed by atoms with Crippen LogP contribution in [0.4, 0.5) is 0 Å². The maximum atomic E-state index is 4.23. The Morgan fingerprint density at radius 3 is 2.54 bits per heavy atom. The van der Waals surface area contributed by atoms with E-state index in [2.05, 4.69) is 113 Å². The Bertz CT molecular complexity index is 1530. The van der Waals surface area contributed by atoms with Crippen LogP contribution in [-0.4, -0.2) is 12.6 Å². The third kappa shape index (κ3) is 10.6. The van der Waals surface area contributed by atoms with E-state index in [1.165, 1.54) is 122 Å². The second-order valence-corrected chi connectivity index (χ2v) is 18.5. The van der Waals surface area contributed by atoms with Gasteiger partial charge >= 0.3 is 0 Å². The highest BCUT2D eigenvalue weighted by Gasteiger charge is 2.35. The first-order valence-corrected chi connectivity index (χ1v) is 22.9. The van der Waals surface area contributed by atoms with Crippen molar-refractivity contribution in [2.75, 3.05) is 6.54 Å². The van der Waals surface area contributed by atoms with Crippen LogP contribution in [0.1, 0.15) is 156 Å². The lowest BCUT2D eigenvalue weighted by Crippen LogP contribution is -2.45. The molecule has 54 heavy (non-hydrogen) atoms. The highest BCUT2D eigenvalue weighted by Crippen LogP contribution is 2.44. The first-order chi connectivity index (χ1) is 26.4. The van der Waals surface area contributed by atoms with Crippen molar-refractivity contribution in [3.63, 3.8) is 0 Å². The number of fused-ring (bicyclic) bond motifs is 1. The van der Waals surface area contributed by atoms with Gasteiger partial charge in [-0.1, -0.05) is 155 Å². The highest BCUT2D eigenvalue weighted by atomic mass is 14.9. The summed E-state index contributed by atoms with van der Waals surface area (Å²) in [7, 11) is 0. The van der Waals surface area contributed by atoms with E-state index < -0.39 is 0 Å². The lowest BCUT2D eigenvalue weighted by Gasteiger charge is -2.42. The molecule has 0 radical (unpaired) electrons. The molecule has 6 aliphatic carbocycles. The predicted molar refractivity (Wildman–Crippen MR) is 236 cm³/mol. The van der Waals surface area contributed by atoms with Gasteiger partial charge in [0.05, 0.1) is 0 Å². The number of rotatable bonds is 15. The van der Waals surface area contributed by atoms with Gasteiger partial charge in [0, 0.05) is 18.0 Å². The fourth-order valence-electron chi connectivity index (χ4n) is 11.3. The summed E-state index contributed by atoms with van der Waals surface area (Å²) in [5.74, 6) is 4.52. The Labute approximate surface area is 332 Å². The van der Waals surface area contributed by atoms with Crippen molar-refractivity contribution in [2.24, 2.45) is 40.9 Å². The molecule has 8 unspecified atom stereocenters. The van der Waals surface area contributed by atoms with Gasteiger partial charge < -0.3 is 5.32 Å². The molecule has 0 aromatic rings. The molecule has 1 heteroatoms. The van der Waals surface area contributed by atoms with Gasteiger partial charge in [-0.25, -0.2) is 0 Å². The van der Waals surface area contributed by atoms with Crippen molar-refractivity contribution >= 4 is 0 Å². The van der Waals surface area contributed by atoms with Crippen molar-refractivity contribution in [2.45, 2.75) is 162 Å². The van der Waals surface area contributed by atoms with E-state index in [0.29, 0.717) is 23.8 Å². The van der Waals surface area contributed by atoms with E-state index in [4.69, 9.17) is 0 Å². The third-order valence-electron chi connectivity index (χ3n) is 15.3. The molecule has 0 saturated heterocycles. The van der Waals surface area contributed by atoms with Crippen molar-refractivity contribution in [1.29, 1.82) is 0 Å². The molecule has 0 bridgehead atoms. The maximum absolute atomic E-state index is 4.23. The van der Waals surface area contributed by atoms with Crippen LogP contribution in [-0.2, 0) is 0 Å². The predicted octanol–water partition coefficient (Wildman–Crippen LogP) is 15.0. The number of allylic oxidation sites excluding steroid dienone is 18. The minimum absolute atomic E-state index is 0.143. The Balaban J connectivity index is 1.19. The van der Waals surface area contributed by atoms with Crippen LogP contribution in [0.25, 0.3) is 0 Å². The zero-order chi connectivity index (χ0) is 37.8. The molecule has 0 aromatic heterocycles. The molecule has 2 saturated carbocycles. The van der Waals surface area contributed by atoms with Gasteiger partial charge in [-0.2, -0.15) is 0 Å². The summed E-state index contributed by atoms with van der Waals surface area (Å²) < 4.78 is 0. The normalized spacial score (nSPS) is 32.1. The number of hydrogen-bond acceptors (Lipinski definition) is 1. The lowest BCUT2D eigenvalue weighted by atomic mass is 9.68. The molecule has 0 aliphatic heterocycles. The van der Waals surface area contributed by atoms with Gasteiger partial charge in [0.2, 0.25) is 0 Å². The molecule has 8 atom stereocenters. The molecule has 0 amide bonds. The van der Waals surface area contributed by atoms with Crippen LogP contribution in [0, 0.1) is 40.9 Å². The van der Waals surface area contributed by atoms with E-state index in [9.17, 15) is 0 Å². The van der Waals surface area contributed by atoms with Gasteiger partial charge in [0.1, 0.15) is 0 Å². The summed E-state index contributed by atoms with van der Waals surface area (Å²) in [6, 6.07) is 0.705. The van der Waals surface area contributed by atoms with Crippen LogP contribution in [0.15, 0.2) is 119 Å². The molecular formula is C53H77N. The summed E-state index contributed by atoms with van der Waals surface area (Å²) in [4.78, 5) is 0. The van der Waals surface area contributed by atoms with Gasteiger partial charge in [-0.3, -0.25) is 0 Å². The average Bonchev–Trinajstić information content (AvgIpc) is 3.23. The summed E-state index contributed by atoms with van der Waals surface area (Å²) >= 11 is 0. The molecule has 1 N–H and O–H groups in total. The molecule has 0 spiro atoms. The molecule has 2 fully saturated rings. The number of nitrogens with one attached hydrogen (secondary N) is 1. The Morgan fingerprint density at radius 1 is 0.907 bits per heavy atom. The monoisotopic (exact) mass is 728 g/mol. The SMILES string of the molecule is C=C/C=C\C(C)(CC)C1=CCC(/C(=C/C=C(\C)C(C)CC/C(C2=CC=CCC2C2CC=CCC2)=C2/C=CCCC2)CNC2CCCC3CCCCC32)CC1. The Morgan fingerprint density at radius 2 is 1.78 bits per heavy atom. The van der Waals surface area contributed by atoms with Crippen LogP contribution in [0.2, 0.25) is 0 Å².